The van der Waals surface area contributed by atoms with Gasteiger partial charge in [-0.25, -0.2) is 15.0 Å². The molecule has 2 N–H and O–H groups in total. The lowest BCUT2D eigenvalue weighted by atomic mass is 9.91. The van der Waals surface area contributed by atoms with Gasteiger partial charge in [-0.3, -0.25) is 4.79 Å². The van der Waals surface area contributed by atoms with Crippen molar-refractivity contribution in [3.63, 3.8) is 0 Å². The molecule has 2 saturated heterocycles. The van der Waals surface area contributed by atoms with E-state index < -0.39 is 5.60 Å². The summed E-state index contributed by atoms with van der Waals surface area (Å²) in [6.07, 6.45) is 2.10. The molecule has 0 radical (unpaired) electrons. The summed E-state index contributed by atoms with van der Waals surface area (Å²) in [5.41, 5.74) is 1.48. The standard InChI is InChI=1S/C21H21N5O3S/c1-26-8-6-21(28,19(26)27)14-4-2-3-13(9-14)18-24-17(12-30-18)16-5-7-22-20(25-16)23-15-10-29-11-15/h2-5,7,9,12,15,28H,6,8,10-11H2,1H3,(H,22,23,25). The van der Waals surface area contributed by atoms with Crippen LogP contribution in [0.4, 0.5) is 5.95 Å². The van der Waals surface area contributed by atoms with E-state index in [9.17, 15) is 9.90 Å². The third kappa shape index (κ3) is 3.34. The van der Waals surface area contributed by atoms with E-state index >= 15 is 0 Å². The molecule has 2 aliphatic heterocycles. The van der Waals surface area contributed by atoms with E-state index in [4.69, 9.17) is 9.72 Å². The summed E-state index contributed by atoms with van der Waals surface area (Å²) in [6, 6.07) is 9.50. The molecular weight excluding hydrogens is 402 g/mol. The highest BCUT2D eigenvalue weighted by molar-refractivity contribution is 7.13. The molecule has 1 atom stereocenters. The zero-order valence-electron chi connectivity index (χ0n) is 16.4. The number of hydrogen-bond donors (Lipinski definition) is 2. The van der Waals surface area contributed by atoms with Crippen molar-refractivity contribution in [1.29, 1.82) is 0 Å². The predicted octanol–water partition coefficient (Wildman–Crippen LogP) is 2.13. The molecule has 1 unspecified atom stereocenters. The number of hydrogen-bond acceptors (Lipinski definition) is 8. The van der Waals surface area contributed by atoms with E-state index in [-0.39, 0.29) is 11.9 Å². The van der Waals surface area contributed by atoms with Gasteiger partial charge in [0, 0.05) is 37.2 Å². The topological polar surface area (TPSA) is 100 Å². The highest BCUT2D eigenvalue weighted by Gasteiger charge is 2.45. The second-order valence-corrected chi connectivity index (χ2v) is 8.46. The number of likely N-dealkylation sites (N-methyl/N-ethyl adjacent to an activating group) is 1. The maximum absolute atomic E-state index is 12.4. The average Bonchev–Trinajstić information content (AvgIpc) is 3.33. The van der Waals surface area contributed by atoms with Gasteiger partial charge in [-0.1, -0.05) is 18.2 Å². The number of aromatic nitrogens is 3. The van der Waals surface area contributed by atoms with Crippen molar-refractivity contribution < 1.29 is 14.6 Å². The molecule has 1 amide bonds. The summed E-state index contributed by atoms with van der Waals surface area (Å²) in [6.45, 7) is 1.86. The molecule has 4 heterocycles. The van der Waals surface area contributed by atoms with Gasteiger partial charge >= 0.3 is 0 Å². The van der Waals surface area contributed by atoms with Crippen LogP contribution in [0, 0.1) is 0 Å². The van der Waals surface area contributed by atoms with Gasteiger partial charge in [-0.05, 0) is 17.7 Å². The third-order valence-electron chi connectivity index (χ3n) is 5.49. The maximum Gasteiger partial charge on any atom is 0.258 e. The first-order valence-corrected chi connectivity index (χ1v) is 10.6. The van der Waals surface area contributed by atoms with Gasteiger partial charge in [-0.2, -0.15) is 0 Å². The van der Waals surface area contributed by atoms with E-state index in [0.717, 1.165) is 22.0 Å². The highest BCUT2D eigenvalue weighted by atomic mass is 32.1. The first-order valence-electron chi connectivity index (χ1n) is 9.75. The third-order valence-corrected chi connectivity index (χ3v) is 6.38. The Hall–Kier alpha value is -2.88. The molecule has 0 saturated carbocycles. The summed E-state index contributed by atoms with van der Waals surface area (Å²) >= 11 is 1.50. The SMILES string of the molecule is CN1CCC(O)(c2cccc(-c3nc(-c4ccnc(NC5COC5)n4)cs3)c2)C1=O. The summed E-state index contributed by atoms with van der Waals surface area (Å²) in [5, 5.41) is 16.9. The van der Waals surface area contributed by atoms with E-state index in [1.807, 2.05) is 29.6 Å². The normalized spacial score (nSPS) is 21.7. The van der Waals surface area contributed by atoms with Crippen molar-refractivity contribution in [2.45, 2.75) is 18.1 Å². The van der Waals surface area contributed by atoms with Crippen LogP contribution in [-0.2, 0) is 15.1 Å². The number of carbonyl (C=O) groups is 1. The summed E-state index contributed by atoms with van der Waals surface area (Å²) in [7, 11) is 1.71. The molecule has 0 bridgehead atoms. The number of aliphatic hydroxyl groups is 1. The molecule has 0 spiro atoms. The van der Waals surface area contributed by atoms with Crippen molar-refractivity contribution >= 4 is 23.2 Å². The number of benzene rings is 1. The molecule has 2 aliphatic rings. The minimum Gasteiger partial charge on any atom is -0.377 e. The monoisotopic (exact) mass is 423 g/mol. The predicted molar refractivity (Wildman–Crippen MR) is 113 cm³/mol. The lowest BCUT2D eigenvalue weighted by molar-refractivity contribution is -0.143. The number of likely N-dealkylation sites (tertiary alicyclic amines) is 1. The Balaban J connectivity index is 1.41. The van der Waals surface area contributed by atoms with Gasteiger partial charge in [0.1, 0.15) is 10.7 Å². The Bertz CT molecular complexity index is 1100. The number of amides is 1. The quantitative estimate of drug-likeness (QED) is 0.648. The number of thiazole rings is 1. The molecule has 2 aromatic heterocycles. The van der Waals surface area contributed by atoms with Crippen LogP contribution in [-0.4, -0.2) is 63.7 Å². The van der Waals surface area contributed by atoms with E-state index in [1.165, 1.54) is 11.3 Å². The Morgan fingerprint density at radius 1 is 1.27 bits per heavy atom. The van der Waals surface area contributed by atoms with Crippen molar-refractivity contribution in [3.8, 4) is 22.0 Å². The summed E-state index contributed by atoms with van der Waals surface area (Å²) < 4.78 is 5.17. The van der Waals surface area contributed by atoms with Crippen LogP contribution in [0.5, 0.6) is 0 Å². The van der Waals surface area contributed by atoms with Crippen LogP contribution >= 0.6 is 11.3 Å². The fourth-order valence-corrected chi connectivity index (χ4v) is 4.44. The van der Waals surface area contributed by atoms with Gasteiger partial charge in [0.25, 0.3) is 5.91 Å². The lowest BCUT2D eigenvalue weighted by Crippen LogP contribution is -2.40. The second-order valence-electron chi connectivity index (χ2n) is 7.60. The van der Waals surface area contributed by atoms with Gasteiger partial charge in [-0.15, -0.1) is 11.3 Å². The van der Waals surface area contributed by atoms with Crippen LogP contribution in [0.15, 0.2) is 41.9 Å². The maximum atomic E-state index is 12.4. The van der Waals surface area contributed by atoms with Crippen molar-refractivity contribution in [2.75, 3.05) is 32.1 Å². The number of rotatable bonds is 5. The molecule has 1 aromatic carbocycles. The highest BCUT2D eigenvalue weighted by Crippen LogP contribution is 2.36. The summed E-state index contributed by atoms with van der Waals surface area (Å²) in [4.78, 5) is 27.5. The van der Waals surface area contributed by atoms with Gasteiger partial charge in [0.15, 0.2) is 5.60 Å². The number of anilines is 1. The van der Waals surface area contributed by atoms with E-state index in [1.54, 1.807) is 24.2 Å². The smallest absolute Gasteiger partial charge is 0.258 e. The van der Waals surface area contributed by atoms with Crippen LogP contribution in [0.2, 0.25) is 0 Å². The largest absolute Gasteiger partial charge is 0.377 e. The minimum atomic E-state index is -1.47. The molecule has 5 rings (SSSR count). The molecule has 8 nitrogen and oxygen atoms in total. The number of nitrogens with one attached hydrogen (secondary N) is 1. The number of nitrogens with zero attached hydrogens (tertiary/aromatic N) is 4. The average molecular weight is 423 g/mol. The van der Waals surface area contributed by atoms with Crippen molar-refractivity contribution in [1.82, 2.24) is 19.9 Å². The Morgan fingerprint density at radius 3 is 2.87 bits per heavy atom. The first kappa shape index (κ1) is 19.1. The zero-order chi connectivity index (χ0) is 20.7. The minimum absolute atomic E-state index is 0.247. The number of carbonyl (C=O) groups excluding carboxylic acids is 1. The zero-order valence-corrected chi connectivity index (χ0v) is 17.2. The van der Waals surface area contributed by atoms with Gasteiger partial charge < -0.3 is 20.1 Å². The fourth-order valence-electron chi connectivity index (χ4n) is 3.63. The first-order chi connectivity index (χ1) is 14.5. The molecule has 3 aromatic rings. The van der Waals surface area contributed by atoms with Crippen LogP contribution < -0.4 is 5.32 Å². The second kappa shape index (κ2) is 7.42. The van der Waals surface area contributed by atoms with Crippen LogP contribution in [0.1, 0.15) is 12.0 Å². The van der Waals surface area contributed by atoms with E-state index in [2.05, 4.69) is 15.3 Å². The van der Waals surface area contributed by atoms with Crippen LogP contribution in [0.25, 0.3) is 22.0 Å². The van der Waals surface area contributed by atoms with Gasteiger partial charge in [0.05, 0.1) is 24.9 Å². The summed E-state index contributed by atoms with van der Waals surface area (Å²) in [5.74, 6) is 0.292. The van der Waals surface area contributed by atoms with Crippen molar-refractivity contribution in [2.24, 2.45) is 0 Å². The van der Waals surface area contributed by atoms with Crippen molar-refractivity contribution in [3.05, 3.63) is 47.5 Å². The molecule has 0 aliphatic carbocycles. The van der Waals surface area contributed by atoms with Gasteiger partial charge in [0.2, 0.25) is 5.95 Å². The lowest BCUT2D eigenvalue weighted by Gasteiger charge is -2.26. The molecule has 30 heavy (non-hydrogen) atoms. The molecule has 154 valence electrons. The Kier molecular flexibility index (Phi) is 4.73. The van der Waals surface area contributed by atoms with E-state index in [0.29, 0.717) is 37.7 Å². The molecular formula is C21H21N5O3S. The number of ether oxygens (including phenoxy) is 1. The fraction of sp³-hybridized carbons (Fsp3) is 0.333. The molecule has 9 heteroatoms. The Morgan fingerprint density at radius 2 is 2.13 bits per heavy atom. The molecule has 2 fully saturated rings. The van der Waals surface area contributed by atoms with Crippen LogP contribution in [0.3, 0.4) is 0 Å². The Labute approximate surface area is 177 Å².